The monoisotopic (exact) mass is 286 g/mol. The van der Waals surface area contributed by atoms with Gasteiger partial charge in [-0.25, -0.2) is 4.98 Å². The van der Waals surface area contributed by atoms with Gasteiger partial charge in [0.15, 0.2) is 0 Å². The third-order valence-electron chi connectivity index (χ3n) is 2.92. The Morgan fingerprint density at radius 1 is 1.11 bits per heavy atom. The van der Waals surface area contributed by atoms with Gasteiger partial charge in [-0.05, 0) is 23.1 Å². The van der Waals surface area contributed by atoms with E-state index in [0.717, 1.165) is 28.2 Å². The third-order valence-corrected chi connectivity index (χ3v) is 4.64. The predicted octanol–water partition coefficient (Wildman–Crippen LogP) is 3.92. The highest BCUT2D eigenvalue weighted by Gasteiger charge is 2.06. The summed E-state index contributed by atoms with van der Waals surface area (Å²) in [6.45, 7) is 0.569. The molecule has 0 aliphatic rings. The molecule has 0 saturated carbocycles. The molecule has 3 aromatic rings. The first-order valence-electron chi connectivity index (χ1n) is 6.11. The molecular formula is C15H14N2S2. The summed E-state index contributed by atoms with van der Waals surface area (Å²) < 4.78 is 0. The van der Waals surface area contributed by atoms with Crippen molar-refractivity contribution in [1.82, 2.24) is 4.98 Å². The minimum absolute atomic E-state index is 0.569. The van der Waals surface area contributed by atoms with Crippen molar-refractivity contribution in [3.8, 4) is 11.3 Å². The van der Waals surface area contributed by atoms with Crippen LogP contribution in [0.1, 0.15) is 15.4 Å². The fourth-order valence-corrected chi connectivity index (χ4v) is 3.57. The van der Waals surface area contributed by atoms with Gasteiger partial charge in [0.25, 0.3) is 0 Å². The molecule has 0 saturated heterocycles. The quantitative estimate of drug-likeness (QED) is 0.789. The maximum atomic E-state index is 5.68. The molecule has 4 heteroatoms. The average Bonchev–Trinajstić information content (AvgIpc) is 3.11. The molecule has 2 N–H and O–H groups in total. The van der Waals surface area contributed by atoms with Crippen molar-refractivity contribution >= 4 is 22.7 Å². The van der Waals surface area contributed by atoms with Crippen molar-refractivity contribution in [3.05, 3.63) is 62.6 Å². The number of thiazole rings is 1. The normalized spacial score (nSPS) is 10.8. The third kappa shape index (κ3) is 2.92. The van der Waals surface area contributed by atoms with Crippen LogP contribution >= 0.6 is 22.7 Å². The Kier molecular flexibility index (Phi) is 3.73. The summed E-state index contributed by atoms with van der Waals surface area (Å²) in [7, 11) is 0. The second kappa shape index (κ2) is 5.65. The molecule has 0 bridgehead atoms. The number of nitrogens with zero attached hydrogens (tertiary/aromatic N) is 1. The van der Waals surface area contributed by atoms with E-state index < -0.39 is 0 Å². The van der Waals surface area contributed by atoms with Crippen LogP contribution in [0.3, 0.4) is 0 Å². The standard InChI is InChI=1S/C15H14N2S2/c16-9-11-3-1-4-12(7-11)14-10-19-15(17-14)8-13-5-2-6-18-13/h1-7,10H,8-9,16H2. The number of benzene rings is 1. The zero-order valence-corrected chi connectivity index (χ0v) is 12.0. The van der Waals surface area contributed by atoms with Crippen molar-refractivity contribution in [1.29, 1.82) is 0 Å². The summed E-state index contributed by atoms with van der Waals surface area (Å²) in [6.07, 6.45) is 0.929. The largest absolute Gasteiger partial charge is 0.326 e. The Labute approximate surface area is 120 Å². The van der Waals surface area contributed by atoms with Crippen LogP contribution in [0.25, 0.3) is 11.3 Å². The number of thiophene rings is 1. The fourth-order valence-electron chi connectivity index (χ4n) is 1.94. The van der Waals surface area contributed by atoms with Crippen LogP contribution in [0.15, 0.2) is 47.2 Å². The number of nitrogens with two attached hydrogens (primary N) is 1. The minimum atomic E-state index is 0.569. The average molecular weight is 286 g/mol. The molecule has 0 radical (unpaired) electrons. The van der Waals surface area contributed by atoms with Gasteiger partial charge in [-0.3, -0.25) is 0 Å². The second-order valence-electron chi connectivity index (χ2n) is 4.29. The van der Waals surface area contributed by atoms with E-state index in [1.54, 1.807) is 22.7 Å². The highest BCUT2D eigenvalue weighted by Crippen LogP contribution is 2.25. The molecule has 0 aliphatic heterocycles. The maximum Gasteiger partial charge on any atom is 0.0984 e. The Morgan fingerprint density at radius 3 is 2.84 bits per heavy atom. The van der Waals surface area contributed by atoms with Gasteiger partial charge in [-0.2, -0.15) is 0 Å². The summed E-state index contributed by atoms with van der Waals surface area (Å²) in [5.41, 5.74) is 9.02. The lowest BCUT2D eigenvalue weighted by Gasteiger charge is -2.00. The molecule has 0 atom stereocenters. The number of rotatable bonds is 4. The lowest BCUT2D eigenvalue weighted by Crippen LogP contribution is -1.95. The smallest absolute Gasteiger partial charge is 0.0984 e. The highest BCUT2D eigenvalue weighted by molar-refractivity contribution is 7.11. The van der Waals surface area contributed by atoms with E-state index in [0.29, 0.717) is 6.54 Å². The summed E-state index contributed by atoms with van der Waals surface area (Å²) in [4.78, 5) is 6.07. The lowest BCUT2D eigenvalue weighted by atomic mass is 10.1. The molecule has 2 aromatic heterocycles. The zero-order valence-electron chi connectivity index (χ0n) is 10.4. The molecule has 0 unspecified atom stereocenters. The van der Waals surface area contributed by atoms with Crippen LogP contribution in [0.4, 0.5) is 0 Å². The summed E-state index contributed by atoms with van der Waals surface area (Å²) in [6, 6.07) is 12.5. The van der Waals surface area contributed by atoms with Crippen LogP contribution in [0.5, 0.6) is 0 Å². The Morgan fingerprint density at radius 2 is 2.05 bits per heavy atom. The Bertz CT molecular complexity index is 656. The molecule has 2 heterocycles. The van der Waals surface area contributed by atoms with Crippen molar-refractivity contribution in [2.45, 2.75) is 13.0 Å². The first kappa shape index (κ1) is 12.5. The molecule has 3 rings (SSSR count). The van der Waals surface area contributed by atoms with Crippen LogP contribution in [0.2, 0.25) is 0 Å². The van der Waals surface area contributed by atoms with E-state index in [-0.39, 0.29) is 0 Å². The molecule has 1 aromatic carbocycles. The van der Waals surface area contributed by atoms with Crippen LogP contribution in [0, 0.1) is 0 Å². The van der Waals surface area contributed by atoms with Gasteiger partial charge in [0.2, 0.25) is 0 Å². The minimum Gasteiger partial charge on any atom is -0.326 e. The van der Waals surface area contributed by atoms with Gasteiger partial charge in [0.1, 0.15) is 0 Å². The van der Waals surface area contributed by atoms with E-state index in [9.17, 15) is 0 Å². The van der Waals surface area contributed by atoms with E-state index in [4.69, 9.17) is 10.7 Å². The van der Waals surface area contributed by atoms with Gasteiger partial charge in [0.05, 0.1) is 10.7 Å². The molecule has 0 spiro atoms. The van der Waals surface area contributed by atoms with Crippen molar-refractivity contribution < 1.29 is 0 Å². The first-order valence-corrected chi connectivity index (χ1v) is 7.87. The van der Waals surface area contributed by atoms with Crippen molar-refractivity contribution in [3.63, 3.8) is 0 Å². The van der Waals surface area contributed by atoms with E-state index in [1.165, 1.54) is 4.88 Å². The fraction of sp³-hybridized carbons (Fsp3) is 0.133. The number of aromatic nitrogens is 1. The number of hydrogen-bond donors (Lipinski definition) is 1. The Hall–Kier alpha value is -1.49. The molecule has 0 fully saturated rings. The predicted molar refractivity (Wildman–Crippen MR) is 82.6 cm³/mol. The maximum absolute atomic E-state index is 5.68. The van der Waals surface area contributed by atoms with E-state index in [2.05, 4.69) is 35.0 Å². The summed E-state index contributed by atoms with van der Waals surface area (Å²) in [5, 5.41) is 5.39. The molecule has 2 nitrogen and oxygen atoms in total. The van der Waals surface area contributed by atoms with Gasteiger partial charge in [-0.15, -0.1) is 22.7 Å². The second-order valence-corrected chi connectivity index (χ2v) is 6.26. The van der Waals surface area contributed by atoms with Crippen molar-refractivity contribution in [2.75, 3.05) is 0 Å². The molecular weight excluding hydrogens is 272 g/mol. The molecule has 0 aliphatic carbocycles. The number of hydrogen-bond acceptors (Lipinski definition) is 4. The van der Waals surface area contributed by atoms with Gasteiger partial charge in [0, 0.05) is 28.8 Å². The first-order chi connectivity index (χ1) is 9.35. The van der Waals surface area contributed by atoms with Crippen LogP contribution < -0.4 is 5.73 Å². The molecule has 0 amide bonds. The molecule has 19 heavy (non-hydrogen) atoms. The van der Waals surface area contributed by atoms with Gasteiger partial charge in [-0.1, -0.05) is 24.3 Å². The van der Waals surface area contributed by atoms with Crippen molar-refractivity contribution in [2.24, 2.45) is 5.73 Å². The van der Waals surface area contributed by atoms with Gasteiger partial charge < -0.3 is 5.73 Å². The van der Waals surface area contributed by atoms with Crippen LogP contribution in [-0.2, 0) is 13.0 Å². The van der Waals surface area contributed by atoms with Gasteiger partial charge >= 0.3 is 0 Å². The van der Waals surface area contributed by atoms with E-state index in [1.807, 2.05) is 12.1 Å². The Balaban J connectivity index is 1.84. The SMILES string of the molecule is NCc1cccc(-c2csc(Cc3cccs3)n2)c1. The topological polar surface area (TPSA) is 38.9 Å². The molecule has 96 valence electrons. The van der Waals surface area contributed by atoms with Crippen LogP contribution in [-0.4, -0.2) is 4.98 Å². The summed E-state index contributed by atoms with van der Waals surface area (Å²) >= 11 is 3.50. The highest BCUT2D eigenvalue weighted by atomic mass is 32.1. The zero-order chi connectivity index (χ0) is 13.1. The van der Waals surface area contributed by atoms with E-state index >= 15 is 0 Å². The lowest BCUT2D eigenvalue weighted by molar-refractivity contribution is 1.07. The summed E-state index contributed by atoms with van der Waals surface area (Å²) in [5.74, 6) is 0.